The Labute approximate surface area is 224 Å². The van der Waals surface area contributed by atoms with Gasteiger partial charge in [0.15, 0.2) is 0 Å². The maximum Gasteiger partial charge on any atom is 0.315 e. The summed E-state index contributed by atoms with van der Waals surface area (Å²) in [6.07, 6.45) is 2.96. The number of hydrogen-bond acceptors (Lipinski definition) is 6. The first-order valence-corrected chi connectivity index (χ1v) is 13.3. The van der Waals surface area contributed by atoms with Gasteiger partial charge >= 0.3 is 6.03 Å². The lowest BCUT2D eigenvalue weighted by Crippen LogP contribution is -2.63. The molecule has 1 saturated carbocycles. The maximum atomic E-state index is 13.9. The van der Waals surface area contributed by atoms with E-state index in [0.29, 0.717) is 19.4 Å². The van der Waals surface area contributed by atoms with Crippen LogP contribution in [0.5, 0.6) is 0 Å². The first-order valence-electron chi connectivity index (χ1n) is 13.3. The molecule has 0 spiro atoms. The summed E-state index contributed by atoms with van der Waals surface area (Å²) in [5.74, 6) is -2.91. The molecular weight excluding hydrogens is 492 g/mol. The number of Topliss-reactive ketones (excluding diaryl/α,β-unsaturated/α-hetero) is 1. The van der Waals surface area contributed by atoms with Crippen molar-refractivity contribution in [1.82, 2.24) is 25.8 Å². The third-order valence-corrected chi connectivity index (χ3v) is 7.42. The van der Waals surface area contributed by atoms with Crippen molar-refractivity contribution in [2.75, 3.05) is 20.1 Å². The fraction of sp³-hybridized carbons (Fsp3) is 0.769. The van der Waals surface area contributed by atoms with E-state index in [1.165, 1.54) is 11.8 Å². The SMILES string of the molecule is CC(NC(=O)C1CC[C@@H](C(C)C)CN1C(=O)C(NC(=O)NCC(=O)N(C)C1CC1)C(C)(C)C)C(=O)C(N)=O. The highest BCUT2D eigenvalue weighted by Crippen LogP contribution is 2.31. The van der Waals surface area contributed by atoms with E-state index in [2.05, 4.69) is 16.0 Å². The van der Waals surface area contributed by atoms with E-state index in [1.54, 1.807) is 32.7 Å². The fourth-order valence-corrected chi connectivity index (χ4v) is 4.59. The molecule has 4 atom stereocenters. The smallest absolute Gasteiger partial charge is 0.315 e. The molecule has 12 heteroatoms. The van der Waals surface area contributed by atoms with E-state index in [-0.39, 0.29) is 30.3 Å². The van der Waals surface area contributed by atoms with Crippen molar-refractivity contribution in [2.45, 2.75) is 91.4 Å². The van der Waals surface area contributed by atoms with Crippen LogP contribution in [0.4, 0.5) is 4.79 Å². The number of primary amides is 1. The molecule has 3 unspecified atom stereocenters. The van der Waals surface area contributed by atoms with Gasteiger partial charge in [-0.3, -0.25) is 24.0 Å². The largest absolute Gasteiger partial charge is 0.363 e. The van der Waals surface area contributed by atoms with Gasteiger partial charge in [-0.25, -0.2) is 4.79 Å². The molecule has 1 saturated heterocycles. The molecule has 2 fully saturated rings. The summed E-state index contributed by atoms with van der Waals surface area (Å²) in [7, 11) is 1.70. The van der Waals surface area contributed by atoms with Gasteiger partial charge in [-0.15, -0.1) is 0 Å². The molecule has 0 aromatic carbocycles. The van der Waals surface area contributed by atoms with Crippen LogP contribution < -0.4 is 21.7 Å². The molecule has 2 aliphatic rings. The monoisotopic (exact) mass is 536 g/mol. The van der Waals surface area contributed by atoms with E-state index in [1.807, 2.05) is 13.8 Å². The fourth-order valence-electron chi connectivity index (χ4n) is 4.59. The Morgan fingerprint density at radius 3 is 2.08 bits per heavy atom. The van der Waals surface area contributed by atoms with E-state index < -0.39 is 53.1 Å². The third-order valence-electron chi connectivity index (χ3n) is 7.42. The van der Waals surface area contributed by atoms with Crippen molar-refractivity contribution in [2.24, 2.45) is 23.0 Å². The average Bonchev–Trinajstić information content (AvgIpc) is 3.68. The highest BCUT2D eigenvalue weighted by atomic mass is 16.2. The van der Waals surface area contributed by atoms with Crippen molar-refractivity contribution >= 4 is 35.4 Å². The molecule has 5 N–H and O–H groups in total. The minimum atomic E-state index is -1.15. The number of piperidine rings is 1. The van der Waals surface area contributed by atoms with Crippen LogP contribution in [0.3, 0.4) is 0 Å². The highest BCUT2D eigenvalue weighted by Gasteiger charge is 2.43. The van der Waals surface area contributed by atoms with Crippen molar-refractivity contribution in [3.8, 4) is 0 Å². The summed E-state index contributed by atoms with van der Waals surface area (Å²) in [5, 5.41) is 7.77. The first-order chi connectivity index (χ1) is 17.5. The van der Waals surface area contributed by atoms with Gasteiger partial charge in [0.25, 0.3) is 5.91 Å². The van der Waals surface area contributed by atoms with Crippen LogP contribution >= 0.6 is 0 Å². The Kier molecular flexibility index (Phi) is 10.3. The van der Waals surface area contributed by atoms with Gasteiger partial charge < -0.3 is 31.5 Å². The number of urea groups is 1. The Bertz CT molecular complexity index is 941. The lowest BCUT2D eigenvalue weighted by Gasteiger charge is -2.43. The first kappa shape index (κ1) is 31.0. The number of rotatable bonds is 10. The van der Waals surface area contributed by atoms with Crippen LogP contribution in [0.2, 0.25) is 0 Å². The normalized spacial score (nSPS) is 21.2. The molecule has 2 rings (SSSR count). The number of likely N-dealkylation sites (N-methyl/N-ethyl adjacent to an activating group) is 1. The molecule has 214 valence electrons. The van der Waals surface area contributed by atoms with Gasteiger partial charge in [-0.2, -0.15) is 0 Å². The summed E-state index contributed by atoms with van der Waals surface area (Å²) in [6.45, 7) is 11.0. The van der Waals surface area contributed by atoms with Crippen LogP contribution in [0.25, 0.3) is 0 Å². The van der Waals surface area contributed by atoms with Gasteiger partial charge in [-0.1, -0.05) is 34.6 Å². The average molecular weight is 537 g/mol. The molecular formula is C26H44N6O6. The lowest BCUT2D eigenvalue weighted by atomic mass is 9.81. The molecule has 0 aromatic rings. The lowest BCUT2D eigenvalue weighted by molar-refractivity contribution is -0.148. The summed E-state index contributed by atoms with van der Waals surface area (Å²) < 4.78 is 0. The second-order valence-corrected chi connectivity index (χ2v) is 11.9. The van der Waals surface area contributed by atoms with Gasteiger partial charge in [0.2, 0.25) is 23.5 Å². The number of nitrogens with zero attached hydrogens (tertiary/aromatic N) is 2. The minimum absolute atomic E-state index is 0.137. The van der Waals surface area contributed by atoms with Gasteiger partial charge in [0, 0.05) is 19.6 Å². The quantitative estimate of drug-likeness (QED) is 0.289. The number of likely N-dealkylation sites (tertiary alicyclic amines) is 1. The van der Waals surface area contributed by atoms with Gasteiger partial charge in [0.05, 0.1) is 12.6 Å². The Hall–Kier alpha value is -3.18. The number of nitrogens with two attached hydrogens (primary N) is 1. The Morgan fingerprint density at radius 1 is 0.974 bits per heavy atom. The van der Waals surface area contributed by atoms with Crippen LogP contribution in [0.1, 0.15) is 67.2 Å². The number of amides is 6. The maximum absolute atomic E-state index is 13.9. The number of carbonyl (C=O) groups excluding carboxylic acids is 6. The molecule has 0 aromatic heterocycles. The van der Waals surface area contributed by atoms with Crippen molar-refractivity contribution in [1.29, 1.82) is 0 Å². The van der Waals surface area contributed by atoms with Crippen LogP contribution in [-0.2, 0) is 24.0 Å². The molecule has 1 aliphatic carbocycles. The van der Waals surface area contributed by atoms with Gasteiger partial charge in [0.1, 0.15) is 12.1 Å². The van der Waals surface area contributed by atoms with Crippen molar-refractivity contribution < 1.29 is 28.8 Å². The van der Waals surface area contributed by atoms with Crippen molar-refractivity contribution in [3.63, 3.8) is 0 Å². The molecule has 6 amide bonds. The molecule has 1 aliphatic heterocycles. The predicted molar refractivity (Wildman–Crippen MR) is 140 cm³/mol. The van der Waals surface area contributed by atoms with E-state index in [4.69, 9.17) is 5.73 Å². The Morgan fingerprint density at radius 2 is 1.58 bits per heavy atom. The molecule has 1 heterocycles. The summed E-state index contributed by atoms with van der Waals surface area (Å²) in [4.78, 5) is 78.4. The Balaban J connectivity index is 2.19. The zero-order chi connectivity index (χ0) is 28.9. The van der Waals surface area contributed by atoms with Gasteiger partial charge in [-0.05, 0) is 49.9 Å². The minimum Gasteiger partial charge on any atom is -0.363 e. The molecule has 38 heavy (non-hydrogen) atoms. The second kappa shape index (κ2) is 12.6. The number of nitrogens with one attached hydrogen (secondary N) is 3. The van der Waals surface area contributed by atoms with E-state index in [0.717, 1.165) is 12.8 Å². The number of hydrogen-bond donors (Lipinski definition) is 4. The zero-order valence-electron chi connectivity index (χ0n) is 23.6. The van der Waals surface area contributed by atoms with Crippen molar-refractivity contribution in [3.05, 3.63) is 0 Å². The third kappa shape index (κ3) is 8.16. The topological polar surface area (TPSA) is 171 Å². The summed E-state index contributed by atoms with van der Waals surface area (Å²) in [6, 6.07) is -3.45. The summed E-state index contributed by atoms with van der Waals surface area (Å²) >= 11 is 0. The molecule has 12 nitrogen and oxygen atoms in total. The number of ketones is 1. The highest BCUT2D eigenvalue weighted by molar-refractivity contribution is 6.37. The molecule has 0 radical (unpaired) electrons. The summed E-state index contributed by atoms with van der Waals surface area (Å²) in [5.41, 5.74) is 4.34. The molecule has 0 bridgehead atoms. The van der Waals surface area contributed by atoms with E-state index in [9.17, 15) is 28.8 Å². The zero-order valence-corrected chi connectivity index (χ0v) is 23.6. The standard InChI is InChI=1S/C26H44N6O6/c1-14(2)16-8-11-18(23(36)29-15(3)20(34)22(27)35)32(13-16)24(37)21(26(4,5)6)30-25(38)28-12-19(33)31(7)17-9-10-17/h14-18,21H,8-13H2,1-7H3,(H2,27,35)(H,29,36)(H2,28,30,38)/t15?,16-,18?,21?/m1/s1. The second-order valence-electron chi connectivity index (χ2n) is 11.9. The predicted octanol–water partition coefficient (Wildman–Crippen LogP) is 0.143. The van der Waals surface area contributed by atoms with Crippen LogP contribution in [-0.4, -0.2) is 89.5 Å². The number of carbonyl (C=O) groups is 6. The van der Waals surface area contributed by atoms with E-state index >= 15 is 0 Å². The van der Waals surface area contributed by atoms with Crippen LogP contribution in [0, 0.1) is 17.3 Å². The van der Waals surface area contributed by atoms with Crippen LogP contribution in [0.15, 0.2) is 0 Å².